The third-order valence-electron chi connectivity index (χ3n) is 5.12. The molecule has 1 aromatic heterocycles. The summed E-state index contributed by atoms with van der Waals surface area (Å²) in [4.78, 5) is 17.0. The summed E-state index contributed by atoms with van der Waals surface area (Å²) in [5, 5.41) is 0. The lowest BCUT2D eigenvalue weighted by Gasteiger charge is -2.24. The van der Waals surface area contributed by atoms with Crippen LogP contribution in [0.5, 0.6) is 5.75 Å². The SMILES string of the molecule is COc1ccc(N(Cc2ccc(C3CCCCC3)cn2)C(=O)C(F)(F)F)cc1. The van der Waals surface area contributed by atoms with Crippen LogP contribution in [0.25, 0.3) is 0 Å². The van der Waals surface area contributed by atoms with Gasteiger partial charge in [-0.25, -0.2) is 0 Å². The predicted octanol–water partition coefficient (Wildman–Crippen LogP) is 5.23. The van der Waals surface area contributed by atoms with E-state index in [1.165, 1.54) is 50.6 Å². The minimum Gasteiger partial charge on any atom is -0.497 e. The molecule has 4 nitrogen and oxygen atoms in total. The van der Waals surface area contributed by atoms with E-state index in [2.05, 4.69) is 4.98 Å². The Kier molecular flexibility index (Phi) is 6.21. The lowest BCUT2D eigenvalue weighted by Crippen LogP contribution is -2.41. The summed E-state index contributed by atoms with van der Waals surface area (Å²) in [7, 11) is 1.46. The maximum Gasteiger partial charge on any atom is 0.471 e. The Morgan fingerprint density at radius 2 is 1.79 bits per heavy atom. The van der Waals surface area contributed by atoms with Gasteiger partial charge in [0.1, 0.15) is 5.75 Å². The largest absolute Gasteiger partial charge is 0.497 e. The minimum atomic E-state index is -4.97. The van der Waals surface area contributed by atoms with Gasteiger partial charge in [-0.05, 0) is 54.7 Å². The molecule has 0 atom stereocenters. The predicted molar refractivity (Wildman–Crippen MR) is 100 cm³/mol. The van der Waals surface area contributed by atoms with Gasteiger partial charge in [0.05, 0.1) is 19.3 Å². The van der Waals surface area contributed by atoms with Gasteiger partial charge in [-0.3, -0.25) is 14.7 Å². The summed E-state index contributed by atoms with van der Waals surface area (Å²) in [6.45, 7) is -0.254. The van der Waals surface area contributed by atoms with E-state index in [1.54, 1.807) is 12.3 Å². The number of halogens is 3. The molecule has 2 aromatic rings. The molecule has 1 aliphatic rings. The number of alkyl halides is 3. The van der Waals surface area contributed by atoms with Crippen LogP contribution in [-0.2, 0) is 11.3 Å². The molecule has 0 bridgehead atoms. The van der Waals surface area contributed by atoms with E-state index < -0.39 is 12.1 Å². The number of pyridine rings is 1. The second-order valence-electron chi connectivity index (χ2n) is 7.00. The quantitative estimate of drug-likeness (QED) is 0.699. The van der Waals surface area contributed by atoms with Crippen molar-refractivity contribution in [3.05, 3.63) is 53.9 Å². The van der Waals surface area contributed by atoms with E-state index in [1.807, 2.05) is 6.07 Å². The number of hydrogen-bond acceptors (Lipinski definition) is 3. The number of anilines is 1. The molecule has 0 unspecified atom stereocenters. The summed E-state index contributed by atoms with van der Waals surface area (Å²) in [6, 6.07) is 9.53. The van der Waals surface area contributed by atoms with E-state index in [4.69, 9.17) is 4.74 Å². The van der Waals surface area contributed by atoms with Crippen molar-refractivity contribution in [1.82, 2.24) is 4.98 Å². The van der Waals surface area contributed by atoms with Crippen molar-refractivity contribution in [2.24, 2.45) is 0 Å². The van der Waals surface area contributed by atoms with Crippen molar-refractivity contribution in [3.8, 4) is 5.75 Å². The van der Waals surface area contributed by atoms with Crippen LogP contribution in [0.3, 0.4) is 0 Å². The van der Waals surface area contributed by atoms with Crippen LogP contribution in [0.2, 0.25) is 0 Å². The Bertz CT molecular complexity index is 783. The molecule has 0 radical (unpaired) electrons. The van der Waals surface area contributed by atoms with Crippen LogP contribution in [0.1, 0.15) is 49.3 Å². The number of amides is 1. The second-order valence-corrected chi connectivity index (χ2v) is 7.00. The zero-order valence-corrected chi connectivity index (χ0v) is 15.7. The van der Waals surface area contributed by atoms with Crippen LogP contribution in [-0.4, -0.2) is 24.2 Å². The third-order valence-corrected chi connectivity index (χ3v) is 5.12. The van der Waals surface area contributed by atoms with Crippen LogP contribution >= 0.6 is 0 Å². The van der Waals surface area contributed by atoms with Crippen molar-refractivity contribution in [1.29, 1.82) is 0 Å². The highest BCUT2D eigenvalue weighted by atomic mass is 19.4. The van der Waals surface area contributed by atoms with Gasteiger partial charge in [0, 0.05) is 11.9 Å². The topological polar surface area (TPSA) is 42.4 Å². The number of methoxy groups -OCH3 is 1. The van der Waals surface area contributed by atoms with Gasteiger partial charge in [-0.2, -0.15) is 13.2 Å². The smallest absolute Gasteiger partial charge is 0.471 e. The summed E-state index contributed by atoms with van der Waals surface area (Å²) in [5.74, 6) is -0.960. The molecule has 28 heavy (non-hydrogen) atoms. The number of rotatable bonds is 5. The van der Waals surface area contributed by atoms with E-state index in [-0.39, 0.29) is 12.2 Å². The van der Waals surface area contributed by atoms with Gasteiger partial charge >= 0.3 is 12.1 Å². The monoisotopic (exact) mass is 392 g/mol. The maximum absolute atomic E-state index is 13.1. The average molecular weight is 392 g/mol. The van der Waals surface area contributed by atoms with E-state index in [9.17, 15) is 18.0 Å². The zero-order valence-electron chi connectivity index (χ0n) is 15.7. The standard InChI is InChI=1S/C21H23F3N2O2/c1-28-19-11-9-18(10-12-19)26(20(27)21(22,23)24)14-17-8-7-16(13-25-17)15-5-3-2-4-6-15/h7-13,15H,2-6,14H2,1H3. The fourth-order valence-electron chi connectivity index (χ4n) is 3.56. The van der Waals surface area contributed by atoms with Gasteiger partial charge in [-0.15, -0.1) is 0 Å². The second kappa shape index (κ2) is 8.63. The Morgan fingerprint density at radius 3 is 2.32 bits per heavy atom. The fraction of sp³-hybridized carbons (Fsp3) is 0.429. The molecular weight excluding hydrogens is 369 g/mol. The number of benzene rings is 1. The molecule has 1 aliphatic carbocycles. The average Bonchev–Trinajstić information content (AvgIpc) is 2.72. The lowest BCUT2D eigenvalue weighted by molar-refractivity contribution is -0.170. The van der Waals surface area contributed by atoms with E-state index in [0.717, 1.165) is 18.4 Å². The maximum atomic E-state index is 13.1. The number of carbonyl (C=O) groups is 1. The number of carbonyl (C=O) groups excluding carboxylic acids is 1. The van der Waals surface area contributed by atoms with E-state index >= 15 is 0 Å². The summed E-state index contributed by atoms with van der Waals surface area (Å²) >= 11 is 0. The lowest BCUT2D eigenvalue weighted by atomic mass is 9.85. The molecule has 0 spiro atoms. The third kappa shape index (κ3) is 4.82. The van der Waals surface area contributed by atoms with E-state index in [0.29, 0.717) is 22.3 Å². The van der Waals surface area contributed by atoms with Crippen molar-refractivity contribution in [2.75, 3.05) is 12.0 Å². The highest BCUT2D eigenvalue weighted by Gasteiger charge is 2.43. The van der Waals surface area contributed by atoms with Crippen molar-refractivity contribution in [2.45, 2.75) is 50.7 Å². The molecule has 0 N–H and O–H groups in total. The molecule has 0 aliphatic heterocycles. The first kappa shape index (κ1) is 20.2. The Hall–Kier alpha value is -2.57. The first-order valence-corrected chi connectivity index (χ1v) is 9.36. The number of ether oxygens (including phenoxy) is 1. The van der Waals surface area contributed by atoms with Crippen molar-refractivity contribution >= 4 is 11.6 Å². The summed E-state index contributed by atoms with van der Waals surface area (Å²) in [6.07, 6.45) is 2.63. The number of aromatic nitrogens is 1. The van der Waals surface area contributed by atoms with Gasteiger partial charge in [-0.1, -0.05) is 25.3 Å². The molecule has 0 saturated heterocycles. The van der Waals surface area contributed by atoms with Gasteiger partial charge < -0.3 is 4.74 Å². The minimum absolute atomic E-state index is 0.140. The highest BCUT2D eigenvalue weighted by Crippen LogP contribution is 2.32. The molecule has 1 heterocycles. The fourth-order valence-corrected chi connectivity index (χ4v) is 3.56. The molecule has 1 amide bonds. The number of nitrogens with zero attached hydrogens (tertiary/aromatic N) is 2. The molecular formula is C21H23F3N2O2. The Morgan fingerprint density at radius 1 is 1.11 bits per heavy atom. The molecule has 150 valence electrons. The Balaban J connectivity index is 1.81. The highest BCUT2D eigenvalue weighted by molar-refractivity contribution is 5.97. The van der Waals surface area contributed by atoms with Crippen LogP contribution in [0.15, 0.2) is 42.6 Å². The van der Waals surface area contributed by atoms with Crippen LogP contribution in [0.4, 0.5) is 18.9 Å². The molecule has 7 heteroatoms. The normalized spacial score (nSPS) is 15.3. The van der Waals surface area contributed by atoms with Crippen LogP contribution in [0, 0.1) is 0 Å². The van der Waals surface area contributed by atoms with Gasteiger partial charge in [0.15, 0.2) is 0 Å². The van der Waals surface area contributed by atoms with Crippen LogP contribution < -0.4 is 9.64 Å². The first-order chi connectivity index (χ1) is 13.4. The number of hydrogen-bond donors (Lipinski definition) is 0. The Labute approximate surface area is 162 Å². The first-order valence-electron chi connectivity index (χ1n) is 9.36. The van der Waals surface area contributed by atoms with Gasteiger partial charge in [0.2, 0.25) is 0 Å². The van der Waals surface area contributed by atoms with Crippen molar-refractivity contribution in [3.63, 3.8) is 0 Å². The zero-order chi connectivity index (χ0) is 20.1. The summed E-state index contributed by atoms with van der Waals surface area (Å²) < 4.78 is 44.3. The molecule has 1 saturated carbocycles. The summed E-state index contributed by atoms with van der Waals surface area (Å²) in [5.41, 5.74) is 1.66. The van der Waals surface area contributed by atoms with Gasteiger partial charge in [0.25, 0.3) is 0 Å². The molecule has 3 rings (SSSR count). The molecule has 1 fully saturated rings. The van der Waals surface area contributed by atoms with Crippen molar-refractivity contribution < 1.29 is 22.7 Å². The molecule has 1 aromatic carbocycles.